The Morgan fingerprint density at radius 2 is 2.18 bits per heavy atom. The van der Waals surface area contributed by atoms with Crippen LogP contribution in [-0.2, 0) is 4.74 Å². The first kappa shape index (κ1) is 22.5. The van der Waals surface area contributed by atoms with E-state index in [0.29, 0.717) is 12.8 Å². The van der Waals surface area contributed by atoms with Gasteiger partial charge in [-0.15, -0.1) is 18.3 Å². The number of allylic oxidation sites excluding steroid dienone is 1. The highest BCUT2D eigenvalue weighted by atomic mass is 32.2. The van der Waals surface area contributed by atoms with E-state index in [1.165, 1.54) is 23.9 Å². The van der Waals surface area contributed by atoms with Crippen LogP contribution in [-0.4, -0.2) is 42.3 Å². The average Bonchev–Trinajstić information content (AvgIpc) is 3.01. The molecule has 1 heterocycles. The molecule has 1 aromatic rings. The summed E-state index contributed by atoms with van der Waals surface area (Å²) in [6, 6.07) is 3.44. The van der Waals surface area contributed by atoms with Crippen LogP contribution in [0.4, 0.5) is 13.6 Å². The molecule has 4 nitrogen and oxygen atoms in total. The van der Waals surface area contributed by atoms with Gasteiger partial charge in [-0.2, -0.15) is 0 Å². The number of nitrogens with zero attached hydrogens (tertiary/aromatic N) is 1. The molecule has 1 N–H and O–H groups in total. The molecule has 1 aliphatic rings. The first-order valence-electron chi connectivity index (χ1n) is 9.11. The maximum absolute atomic E-state index is 14.6. The van der Waals surface area contributed by atoms with E-state index in [2.05, 4.69) is 16.9 Å². The van der Waals surface area contributed by atoms with Crippen LogP contribution in [0.3, 0.4) is 0 Å². The van der Waals surface area contributed by atoms with Crippen molar-refractivity contribution in [1.82, 2.24) is 5.32 Å². The minimum Gasteiger partial charge on any atom is -0.444 e. The lowest BCUT2D eigenvalue weighted by molar-refractivity contribution is 0.0493. The van der Waals surface area contributed by atoms with Gasteiger partial charge in [0, 0.05) is 17.1 Å². The Balaban J connectivity index is 2.41. The van der Waals surface area contributed by atoms with Crippen molar-refractivity contribution in [3.8, 4) is 0 Å². The molecule has 1 aliphatic heterocycles. The van der Waals surface area contributed by atoms with Crippen molar-refractivity contribution in [2.75, 3.05) is 0 Å². The highest BCUT2D eigenvalue weighted by Crippen LogP contribution is 2.36. The van der Waals surface area contributed by atoms with Gasteiger partial charge < -0.3 is 10.1 Å². The number of alkyl carbamates (subject to hydrolysis) is 1. The van der Waals surface area contributed by atoms with Gasteiger partial charge in [0.2, 0.25) is 0 Å². The standard InChI is InChI=1S/C20H25BF2N2O2S/c1-5-6-8-13(12-9-7-10-14(22)15(12)23)16(17-18(21)24-11-28-17)25-19(26)27-20(2,3)4/h5,7,9-11,13,16-18H,1,6,8H2,2-4H3,(H,25,26)/t13-,16-,17?,18?/m0/s1. The number of thioether (sulfide) groups is 1. The second-order valence-corrected chi connectivity index (χ2v) is 8.66. The number of hydrogen-bond acceptors (Lipinski definition) is 4. The summed E-state index contributed by atoms with van der Waals surface area (Å²) in [4.78, 5) is 16.6. The predicted octanol–water partition coefficient (Wildman–Crippen LogP) is 4.55. The number of rotatable bonds is 7. The van der Waals surface area contributed by atoms with Crippen LogP contribution in [0, 0.1) is 11.6 Å². The van der Waals surface area contributed by atoms with Gasteiger partial charge in [0.15, 0.2) is 11.6 Å². The van der Waals surface area contributed by atoms with Crippen molar-refractivity contribution in [3.63, 3.8) is 0 Å². The van der Waals surface area contributed by atoms with Gasteiger partial charge in [0.25, 0.3) is 0 Å². The van der Waals surface area contributed by atoms with Gasteiger partial charge in [0.05, 0.1) is 11.6 Å². The van der Waals surface area contributed by atoms with E-state index in [0.717, 1.165) is 6.07 Å². The minimum absolute atomic E-state index is 0.183. The van der Waals surface area contributed by atoms with E-state index in [4.69, 9.17) is 12.6 Å². The van der Waals surface area contributed by atoms with Crippen LogP contribution < -0.4 is 5.32 Å². The molecule has 0 bridgehead atoms. The lowest BCUT2D eigenvalue weighted by atomic mass is 9.79. The molecule has 2 unspecified atom stereocenters. The molecular weight excluding hydrogens is 381 g/mol. The van der Waals surface area contributed by atoms with Crippen LogP contribution >= 0.6 is 11.8 Å². The van der Waals surface area contributed by atoms with Gasteiger partial charge in [-0.25, -0.2) is 13.6 Å². The molecule has 150 valence electrons. The van der Waals surface area contributed by atoms with Crippen molar-refractivity contribution < 1.29 is 18.3 Å². The predicted molar refractivity (Wildman–Crippen MR) is 111 cm³/mol. The number of aliphatic imine (C=N–C) groups is 1. The molecular formula is C20H25BF2N2O2S. The fourth-order valence-electron chi connectivity index (χ4n) is 3.13. The summed E-state index contributed by atoms with van der Waals surface area (Å²) in [7, 11) is 6.10. The lowest BCUT2D eigenvalue weighted by Gasteiger charge is -2.34. The molecule has 1 amide bonds. The fourth-order valence-corrected chi connectivity index (χ4v) is 4.14. The number of carbonyl (C=O) groups excluding carboxylic acids is 1. The lowest BCUT2D eigenvalue weighted by Crippen LogP contribution is -2.50. The van der Waals surface area contributed by atoms with E-state index in [1.54, 1.807) is 32.4 Å². The summed E-state index contributed by atoms with van der Waals surface area (Å²) in [6.07, 6.45) is 2.07. The second kappa shape index (κ2) is 9.59. The normalized spacial score (nSPS) is 21.2. The number of benzene rings is 1. The molecule has 8 heteroatoms. The number of ether oxygens (including phenoxy) is 1. The topological polar surface area (TPSA) is 50.7 Å². The minimum atomic E-state index is -0.934. The quantitative estimate of drug-likeness (QED) is 0.534. The molecule has 0 fully saturated rings. The molecule has 0 aromatic heterocycles. The van der Waals surface area contributed by atoms with Crippen molar-refractivity contribution >= 4 is 31.2 Å². The van der Waals surface area contributed by atoms with Crippen molar-refractivity contribution in [2.24, 2.45) is 4.99 Å². The summed E-state index contributed by atoms with van der Waals surface area (Å²) in [5.41, 5.74) is 1.10. The number of carbonyl (C=O) groups is 1. The van der Waals surface area contributed by atoms with E-state index < -0.39 is 41.2 Å². The third-order valence-corrected chi connectivity index (χ3v) is 5.45. The highest BCUT2D eigenvalue weighted by molar-refractivity contribution is 8.13. The summed E-state index contributed by atoms with van der Waals surface area (Å²) in [5.74, 6) is -2.97. The van der Waals surface area contributed by atoms with E-state index in [1.807, 2.05) is 0 Å². The molecule has 0 aliphatic carbocycles. The Morgan fingerprint density at radius 1 is 1.46 bits per heavy atom. The van der Waals surface area contributed by atoms with Gasteiger partial charge in [-0.1, -0.05) is 18.2 Å². The maximum Gasteiger partial charge on any atom is 0.407 e. The molecule has 2 rings (SSSR count). The second-order valence-electron chi connectivity index (χ2n) is 7.63. The Labute approximate surface area is 170 Å². The molecule has 4 atom stereocenters. The van der Waals surface area contributed by atoms with Gasteiger partial charge >= 0.3 is 6.09 Å². The van der Waals surface area contributed by atoms with Crippen molar-refractivity contribution in [2.45, 2.75) is 62.4 Å². The van der Waals surface area contributed by atoms with Crippen molar-refractivity contribution in [1.29, 1.82) is 0 Å². The first-order chi connectivity index (χ1) is 13.1. The zero-order chi connectivity index (χ0) is 20.9. The van der Waals surface area contributed by atoms with E-state index in [-0.39, 0.29) is 10.8 Å². The molecule has 1 aromatic carbocycles. The molecule has 0 spiro atoms. The summed E-state index contributed by atoms with van der Waals surface area (Å²) in [6.45, 7) is 8.97. The van der Waals surface area contributed by atoms with Crippen LogP contribution in [0.25, 0.3) is 0 Å². The Bertz CT molecular complexity index is 739. The zero-order valence-corrected chi connectivity index (χ0v) is 17.1. The largest absolute Gasteiger partial charge is 0.444 e. The summed E-state index contributed by atoms with van der Waals surface area (Å²) in [5, 5.41) is 2.49. The number of halogens is 2. The van der Waals surface area contributed by atoms with Gasteiger partial charge in [-0.05, 0) is 45.2 Å². The Hall–Kier alpha value is -1.83. The van der Waals surface area contributed by atoms with Crippen molar-refractivity contribution in [3.05, 3.63) is 48.1 Å². The average molecular weight is 406 g/mol. The third kappa shape index (κ3) is 5.83. The summed E-state index contributed by atoms with van der Waals surface area (Å²) >= 11 is 1.36. The Morgan fingerprint density at radius 3 is 2.75 bits per heavy atom. The number of amides is 1. The van der Waals surface area contributed by atoms with Gasteiger partial charge in [0.1, 0.15) is 13.4 Å². The molecule has 2 radical (unpaired) electrons. The molecule has 28 heavy (non-hydrogen) atoms. The molecule has 0 saturated carbocycles. The van der Waals surface area contributed by atoms with Crippen LogP contribution in [0.2, 0.25) is 0 Å². The van der Waals surface area contributed by atoms with Gasteiger partial charge in [-0.3, -0.25) is 4.99 Å². The highest BCUT2D eigenvalue weighted by Gasteiger charge is 2.38. The SMILES string of the molecule is [B]C1N=CSC1[C@@H](NC(=O)OC(C)(C)C)[C@@H](CCC=C)c1cccc(F)c1F. The number of nitrogens with one attached hydrogen (secondary N) is 1. The third-order valence-electron chi connectivity index (χ3n) is 4.32. The van der Waals surface area contributed by atoms with Crippen LogP contribution in [0.15, 0.2) is 35.8 Å². The maximum atomic E-state index is 14.6. The Kier molecular flexibility index (Phi) is 7.69. The monoisotopic (exact) mass is 406 g/mol. The molecule has 0 saturated heterocycles. The summed E-state index contributed by atoms with van der Waals surface area (Å²) < 4.78 is 33.9. The first-order valence-corrected chi connectivity index (χ1v) is 10.1. The number of hydrogen-bond donors (Lipinski definition) is 1. The smallest absolute Gasteiger partial charge is 0.407 e. The van der Waals surface area contributed by atoms with Crippen LogP contribution in [0.1, 0.15) is 45.1 Å². The fraction of sp³-hybridized carbons (Fsp3) is 0.500. The van der Waals surface area contributed by atoms with E-state index >= 15 is 0 Å². The zero-order valence-electron chi connectivity index (χ0n) is 16.3. The van der Waals surface area contributed by atoms with Crippen LogP contribution in [0.5, 0.6) is 0 Å². The van der Waals surface area contributed by atoms with E-state index in [9.17, 15) is 13.6 Å².